The van der Waals surface area contributed by atoms with Gasteiger partial charge in [0, 0.05) is 31.2 Å². The van der Waals surface area contributed by atoms with Crippen LogP contribution in [0, 0.1) is 0 Å². The summed E-state index contributed by atoms with van der Waals surface area (Å²) in [5.41, 5.74) is 0.599. The van der Waals surface area contributed by atoms with Crippen molar-refractivity contribution in [3.63, 3.8) is 0 Å². The van der Waals surface area contributed by atoms with Crippen molar-refractivity contribution < 1.29 is 14.3 Å². The first-order valence-electron chi connectivity index (χ1n) is 8.94. The summed E-state index contributed by atoms with van der Waals surface area (Å²) in [5, 5.41) is 3.94. The van der Waals surface area contributed by atoms with E-state index in [1.165, 1.54) is 0 Å². The molecule has 1 saturated heterocycles. The number of benzene rings is 2. The zero-order valence-corrected chi connectivity index (χ0v) is 16.7. The molecule has 0 saturated carbocycles. The van der Waals surface area contributed by atoms with Crippen LogP contribution in [-0.4, -0.2) is 60.9 Å². The van der Waals surface area contributed by atoms with E-state index in [1.54, 1.807) is 41.3 Å². The van der Waals surface area contributed by atoms with Crippen LogP contribution >= 0.6 is 23.2 Å². The van der Waals surface area contributed by atoms with Gasteiger partial charge in [0.15, 0.2) is 6.61 Å². The highest BCUT2D eigenvalue weighted by Gasteiger charge is 2.22. The van der Waals surface area contributed by atoms with Gasteiger partial charge < -0.3 is 15.0 Å². The highest BCUT2D eigenvalue weighted by atomic mass is 35.5. The summed E-state index contributed by atoms with van der Waals surface area (Å²) in [6, 6.07) is 14.0. The van der Waals surface area contributed by atoms with Gasteiger partial charge in [-0.1, -0.05) is 35.3 Å². The molecule has 2 aromatic carbocycles. The highest BCUT2D eigenvalue weighted by molar-refractivity contribution is 6.33. The summed E-state index contributed by atoms with van der Waals surface area (Å²) in [5.74, 6) is 0.404. The Hall–Kier alpha value is -2.28. The molecule has 0 radical (unpaired) electrons. The molecule has 1 fully saturated rings. The number of para-hydroxylation sites is 1. The standard InChI is InChI=1S/C20H21Cl2N3O3/c21-15-5-7-16(8-6-15)28-14-20(27)25-11-9-24(10-12-25)13-19(26)23-18-4-2-1-3-17(18)22/h1-8H,9-14H2,(H,23,26). The fourth-order valence-electron chi connectivity index (χ4n) is 2.88. The lowest BCUT2D eigenvalue weighted by atomic mass is 10.3. The number of halogens is 2. The molecule has 1 aliphatic heterocycles. The van der Waals surface area contributed by atoms with Crippen LogP contribution in [0.1, 0.15) is 0 Å². The second-order valence-corrected chi connectivity index (χ2v) is 7.27. The van der Waals surface area contributed by atoms with Gasteiger partial charge in [0.2, 0.25) is 5.91 Å². The SMILES string of the molecule is O=C(CN1CCN(C(=O)COc2ccc(Cl)cc2)CC1)Nc1ccccc1Cl. The zero-order chi connectivity index (χ0) is 19.9. The first-order chi connectivity index (χ1) is 13.5. The highest BCUT2D eigenvalue weighted by Crippen LogP contribution is 2.20. The van der Waals surface area contributed by atoms with Crippen molar-refractivity contribution >= 4 is 40.7 Å². The van der Waals surface area contributed by atoms with Crippen LogP contribution in [0.3, 0.4) is 0 Å². The van der Waals surface area contributed by atoms with Crippen molar-refractivity contribution in [3.05, 3.63) is 58.6 Å². The number of carbonyl (C=O) groups is 2. The molecule has 1 aliphatic rings. The number of anilines is 1. The van der Waals surface area contributed by atoms with E-state index in [4.69, 9.17) is 27.9 Å². The van der Waals surface area contributed by atoms with Crippen LogP contribution in [0.4, 0.5) is 5.69 Å². The Labute approximate surface area is 174 Å². The van der Waals surface area contributed by atoms with E-state index in [-0.39, 0.29) is 25.0 Å². The summed E-state index contributed by atoms with van der Waals surface area (Å²) in [6.07, 6.45) is 0. The van der Waals surface area contributed by atoms with Gasteiger partial charge in [-0.3, -0.25) is 14.5 Å². The molecule has 8 heteroatoms. The third kappa shape index (κ3) is 5.86. The first-order valence-corrected chi connectivity index (χ1v) is 9.70. The van der Waals surface area contributed by atoms with Gasteiger partial charge in [-0.15, -0.1) is 0 Å². The predicted octanol–water partition coefficient (Wildman–Crippen LogP) is 3.16. The number of rotatable bonds is 6. The number of ether oxygens (including phenoxy) is 1. The second kappa shape index (κ2) is 9.78. The van der Waals surface area contributed by atoms with Gasteiger partial charge in [-0.25, -0.2) is 0 Å². The summed E-state index contributed by atoms with van der Waals surface area (Å²) >= 11 is 11.9. The molecule has 148 valence electrons. The van der Waals surface area contributed by atoms with Gasteiger partial charge in [-0.05, 0) is 36.4 Å². The van der Waals surface area contributed by atoms with Crippen molar-refractivity contribution in [3.8, 4) is 5.75 Å². The van der Waals surface area contributed by atoms with Crippen molar-refractivity contribution in [2.75, 3.05) is 44.6 Å². The molecule has 1 N–H and O–H groups in total. The quantitative estimate of drug-likeness (QED) is 0.777. The minimum absolute atomic E-state index is 0.0192. The Morgan fingerprint density at radius 1 is 0.964 bits per heavy atom. The fourth-order valence-corrected chi connectivity index (χ4v) is 3.19. The molecule has 0 spiro atoms. The Balaban J connectivity index is 1.40. The molecule has 6 nitrogen and oxygen atoms in total. The number of hydrogen-bond acceptors (Lipinski definition) is 4. The van der Waals surface area contributed by atoms with Crippen LogP contribution < -0.4 is 10.1 Å². The maximum atomic E-state index is 12.3. The molecule has 2 aromatic rings. The lowest BCUT2D eigenvalue weighted by Gasteiger charge is -2.34. The molecule has 1 heterocycles. The lowest BCUT2D eigenvalue weighted by Crippen LogP contribution is -2.51. The van der Waals surface area contributed by atoms with Crippen molar-refractivity contribution in [2.45, 2.75) is 0 Å². The summed E-state index contributed by atoms with van der Waals surface area (Å²) in [4.78, 5) is 28.3. The maximum Gasteiger partial charge on any atom is 0.260 e. The Morgan fingerprint density at radius 3 is 2.32 bits per heavy atom. The van der Waals surface area contributed by atoms with Gasteiger partial charge in [0.25, 0.3) is 5.91 Å². The van der Waals surface area contributed by atoms with E-state index >= 15 is 0 Å². The van der Waals surface area contributed by atoms with E-state index in [9.17, 15) is 9.59 Å². The van der Waals surface area contributed by atoms with E-state index < -0.39 is 0 Å². The van der Waals surface area contributed by atoms with Crippen molar-refractivity contribution in [1.82, 2.24) is 9.80 Å². The predicted molar refractivity (Wildman–Crippen MR) is 110 cm³/mol. The van der Waals surface area contributed by atoms with Crippen molar-refractivity contribution in [2.24, 2.45) is 0 Å². The van der Waals surface area contributed by atoms with E-state index in [2.05, 4.69) is 5.32 Å². The Bertz CT molecular complexity index is 822. The summed E-state index contributed by atoms with van der Waals surface area (Å²) in [6.45, 7) is 2.61. The molecule has 0 bridgehead atoms. The molecule has 0 unspecified atom stereocenters. The zero-order valence-electron chi connectivity index (χ0n) is 15.2. The molecule has 28 heavy (non-hydrogen) atoms. The monoisotopic (exact) mass is 421 g/mol. The minimum atomic E-state index is -0.126. The van der Waals surface area contributed by atoms with Crippen LogP contribution in [0.15, 0.2) is 48.5 Å². The van der Waals surface area contributed by atoms with E-state index in [0.29, 0.717) is 47.7 Å². The second-order valence-electron chi connectivity index (χ2n) is 6.43. The van der Waals surface area contributed by atoms with Crippen LogP contribution in [0.2, 0.25) is 10.0 Å². The van der Waals surface area contributed by atoms with Crippen LogP contribution in [-0.2, 0) is 9.59 Å². The largest absolute Gasteiger partial charge is 0.484 e. The molecule has 0 atom stereocenters. The third-order valence-corrected chi connectivity index (χ3v) is 5.00. The maximum absolute atomic E-state index is 12.3. The lowest BCUT2D eigenvalue weighted by molar-refractivity contribution is -0.135. The molecule has 0 aliphatic carbocycles. The average molecular weight is 422 g/mol. The Morgan fingerprint density at radius 2 is 1.64 bits per heavy atom. The molecule has 2 amide bonds. The summed E-state index contributed by atoms with van der Waals surface area (Å²) < 4.78 is 5.50. The van der Waals surface area contributed by atoms with Gasteiger partial charge in [0.05, 0.1) is 17.3 Å². The van der Waals surface area contributed by atoms with E-state index in [0.717, 1.165) is 0 Å². The van der Waals surface area contributed by atoms with Gasteiger partial charge >= 0.3 is 0 Å². The van der Waals surface area contributed by atoms with Crippen LogP contribution in [0.5, 0.6) is 5.75 Å². The summed E-state index contributed by atoms with van der Waals surface area (Å²) in [7, 11) is 0. The Kier molecular flexibility index (Phi) is 7.14. The topological polar surface area (TPSA) is 61.9 Å². The minimum Gasteiger partial charge on any atom is -0.484 e. The number of hydrogen-bond donors (Lipinski definition) is 1. The average Bonchev–Trinajstić information content (AvgIpc) is 2.69. The van der Waals surface area contributed by atoms with E-state index in [1.807, 2.05) is 17.0 Å². The van der Waals surface area contributed by atoms with Crippen LogP contribution in [0.25, 0.3) is 0 Å². The molecule has 3 rings (SSSR count). The number of piperazine rings is 1. The normalized spacial score (nSPS) is 14.6. The first kappa shape index (κ1) is 20.5. The van der Waals surface area contributed by atoms with Gasteiger partial charge in [-0.2, -0.15) is 0 Å². The third-order valence-electron chi connectivity index (χ3n) is 4.42. The molecular formula is C20H21Cl2N3O3. The van der Waals surface area contributed by atoms with Crippen molar-refractivity contribution in [1.29, 1.82) is 0 Å². The number of nitrogens with zero attached hydrogens (tertiary/aromatic N) is 2. The smallest absolute Gasteiger partial charge is 0.260 e. The fraction of sp³-hybridized carbons (Fsp3) is 0.300. The number of carbonyl (C=O) groups excluding carboxylic acids is 2. The van der Waals surface area contributed by atoms with Gasteiger partial charge in [0.1, 0.15) is 5.75 Å². The molecular weight excluding hydrogens is 401 g/mol. The number of amides is 2. The number of nitrogens with one attached hydrogen (secondary N) is 1. The molecule has 0 aromatic heterocycles.